The Morgan fingerprint density at radius 2 is 2.23 bits per heavy atom. The first kappa shape index (κ1) is 9.59. The fraction of sp³-hybridized carbons (Fsp3) is 0.333. The summed E-state index contributed by atoms with van der Waals surface area (Å²) < 4.78 is 8.02. The Morgan fingerprint density at radius 3 is 2.69 bits per heavy atom. The predicted molar refractivity (Wildman–Crippen MR) is 45.3 cm³/mol. The van der Waals surface area contributed by atoms with E-state index in [2.05, 4.69) is 19.4 Å². The van der Waals surface area contributed by atoms with Gasteiger partial charge in [0.25, 0.3) is 0 Å². The first-order valence-electron chi connectivity index (χ1n) is 3.33. The Bertz CT molecular complexity index is 336. The number of carbonyl (C=O) groups excluding carboxylic acids is 2. The van der Waals surface area contributed by atoms with E-state index in [0.717, 1.165) is 18.6 Å². The second-order valence-corrected chi connectivity index (χ2v) is 2.84. The fourth-order valence-corrected chi connectivity index (χ4v) is 1.16. The number of ether oxygens (including phenoxy) is 1. The molecule has 0 spiro atoms. The van der Waals surface area contributed by atoms with Gasteiger partial charge in [-0.15, -0.1) is 0 Å². The molecule has 6 nitrogen and oxygen atoms in total. The molecule has 0 unspecified atom stereocenters. The van der Waals surface area contributed by atoms with Crippen molar-refractivity contribution in [2.75, 3.05) is 12.4 Å². The minimum atomic E-state index is -0.951. The number of nitrogens with one attached hydrogen (secondary N) is 1. The second-order valence-electron chi connectivity index (χ2n) is 2.09. The van der Waals surface area contributed by atoms with Crippen molar-refractivity contribution in [1.29, 1.82) is 0 Å². The van der Waals surface area contributed by atoms with Crippen molar-refractivity contribution in [2.24, 2.45) is 0 Å². The lowest BCUT2D eigenvalue weighted by molar-refractivity contribution is -0.150. The van der Waals surface area contributed by atoms with Gasteiger partial charge < -0.3 is 4.74 Å². The lowest BCUT2D eigenvalue weighted by Gasteiger charge is -1.96. The molecule has 0 bridgehead atoms. The molecule has 0 radical (unpaired) electrons. The summed E-state index contributed by atoms with van der Waals surface area (Å²) in [6, 6.07) is 0. The molecular weight excluding hydrogens is 194 g/mol. The van der Waals surface area contributed by atoms with Gasteiger partial charge in [0, 0.05) is 11.5 Å². The molecular formula is C6H7N3O3S. The van der Waals surface area contributed by atoms with E-state index in [1.807, 2.05) is 0 Å². The smallest absolute Gasteiger partial charge is 0.396 e. The molecule has 1 aromatic rings. The van der Waals surface area contributed by atoms with Gasteiger partial charge in [-0.05, 0) is 6.92 Å². The minimum absolute atomic E-state index is 0.285. The highest BCUT2D eigenvalue weighted by molar-refractivity contribution is 7.10. The molecule has 1 N–H and O–H groups in total. The number of anilines is 1. The third kappa shape index (κ3) is 2.48. The Kier molecular flexibility index (Phi) is 2.91. The first-order chi connectivity index (χ1) is 6.13. The fourth-order valence-electron chi connectivity index (χ4n) is 0.589. The van der Waals surface area contributed by atoms with Crippen LogP contribution < -0.4 is 5.32 Å². The van der Waals surface area contributed by atoms with Gasteiger partial charge in [0.2, 0.25) is 5.13 Å². The average Bonchev–Trinajstić information content (AvgIpc) is 2.49. The van der Waals surface area contributed by atoms with E-state index >= 15 is 0 Å². The largest absolute Gasteiger partial charge is 0.462 e. The van der Waals surface area contributed by atoms with Gasteiger partial charge in [0.1, 0.15) is 5.82 Å². The van der Waals surface area contributed by atoms with Gasteiger partial charge in [0.15, 0.2) is 0 Å². The Hall–Kier alpha value is -1.50. The summed E-state index contributed by atoms with van der Waals surface area (Å²) in [5.74, 6) is -1.25. The van der Waals surface area contributed by atoms with Crippen molar-refractivity contribution >= 4 is 28.5 Å². The monoisotopic (exact) mass is 201 g/mol. The summed E-state index contributed by atoms with van der Waals surface area (Å²) in [5.41, 5.74) is 0. The third-order valence-electron chi connectivity index (χ3n) is 1.12. The normalized spacial score (nSPS) is 9.38. The van der Waals surface area contributed by atoms with Gasteiger partial charge >= 0.3 is 11.9 Å². The summed E-state index contributed by atoms with van der Waals surface area (Å²) >= 11 is 1.00. The van der Waals surface area contributed by atoms with Crippen molar-refractivity contribution in [3.05, 3.63) is 5.82 Å². The summed E-state index contributed by atoms with van der Waals surface area (Å²) in [4.78, 5) is 25.4. The number of hydrogen-bond acceptors (Lipinski definition) is 6. The zero-order valence-corrected chi connectivity index (χ0v) is 7.84. The van der Waals surface area contributed by atoms with E-state index in [0.29, 0.717) is 5.82 Å². The van der Waals surface area contributed by atoms with Crippen LogP contribution in [-0.2, 0) is 14.3 Å². The minimum Gasteiger partial charge on any atom is -0.462 e. The van der Waals surface area contributed by atoms with E-state index in [9.17, 15) is 9.59 Å². The van der Waals surface area contributed by atoms with Crippen molar-refractivity contribution in [1.82, 2.24) is 9.36 Å². The standard InChI is InChI=1S/C6H7N3O3S/c1-3-7-6(13-9-3)8-4(10)5(11)12-2/h1-2H3,(H,7,8,9,10). The summed E-state index contributed by atoms with van der Waals surface area (Å²) in [6.07, 6.45) is 0. The van der Waals surface area contributed by atoms with Gasteiger partial charge in [-0.25, -0.2) is 9.78 Å². The number of esters is 1. The van der Waals surface area contributed by atoms with Crippen molar-refractivity contribution in [3.8, 4) is 0 Å². The second kappa shape index (κ2) is 3.94. The number of nitrogens with zero attached hydrogens (tertiary/aromatic N) is 2. The van der Waals surface area contributed by atoms with E-state index < -0.39 is 11.9 Å². The highest BCUT2D eigenvalue weighted by Crippen LogP contribution is 2.09. The van der Waals surface area contributed by atoms with Gasteiger partial charge in [-0.1, -0.05) is 0 Å². The Balaban J connectivity index is 2.60. The Labute approximate surface area is 78.1 Å². The number of aryl methyl sites for hydroxylation is 1. The van der Waals surface area contributed by atoms with Crippen LogP contribution in [0.1, 0.15) is 5.82 Å². The Morgan fingerprint density at radius 1 is 1.54 bits per heavy atom. The molecule has 0 aliphatic heterocycles. The van der Waals surface area contributed by atoms with Crippen molar-refractivity contribution in [2.45, 2.75) is 6.92 Å². The highest BCUT2D eigenvalue weighted by Gasteiger charge is 2.15. The lowest BCUT2D eigenvalue weighted by Crippen LogP contribution is -2.23. The van der Waals surface area contributed by atoms with Crippen LogP contribution in [0.4, 0.5) is 5.13 Å². The van der Waals surface area contributed by atoms with E-state index in [-0.39, 0.29) is 5.13 Å². The molecule has 0 atom stereocenters. The molecule has 1 heterocycles. The lowest BCUT2D eigenvalue weighted by atomic mass is 10.6. The molecule has 0 aromatic carbocycles. The van der Waals surface area contributed by atoms with Crippen LogP contribution in [0.3, 0.4) is 0 Å². The maximum atomic E-state index is 10.9. The zero-order valence-electron chi connectivity index (χ0n) is 7.03. The van der Waals surface area contributed by atoms with Crippen LogP contribution in [0.5, 0.6) is 0 Å². The van der Waals surface area contributed by atoms with Gasteiger partial charge in [0.05, 0.1) is 7.11 Å². The number of rotatable bonds is 1. The van der Waals surface area contributed by atoms with Crippen LogP contribution in [0.2, 0.25) is 0 Å². The molecule has 1 aromatic heterocycles. The van der Waals surface area contributed by atoms with E-state index in [4.69, 9.17) is 0 Å². The molecule has 70 valence electrons. The quantitative estimate of drug-likeness (QED) is 0.509. The van der Waals surface area contributed by atoms with Crippen LogP contribution in [0.25, 0.3) is 0 Å². The van der Waals surface area contributed by atoms with E-state index in [1.54, 1.807) is 6.92 Å². The molecule has 0 saturated carbocycles. The number of aromatic nitrogens is 2. The number of amides is 1. The molecule has 13 heavy (non-hydrogen) atoms. The average molecular weight is 201 g/mol. The molecule has 0 fully saturated rings. The maximum Gasteiger partial charge on any atom is 0.396 e. The number of carbonyl (C=O) groups is 2. The molecule has 1 amide bonds. The van der Waals surface area contributed by atoms with Crippen molar-refractivity contribution in [3.63, 3.8) is 0 Å². The highest BCUT2D eigenvalue weighted by atomic mass is 32.1. The number of hydrogen-bond donors (Lipinski definition) is 1. The molecule has 1 rings (SSSR count). The van der Waals surface area contributed by atoms with Crippen LogP contribution >= 0.6 is 11.5 Å². The zero-order chi connectivity index (χ0) is 9.84. The molecule has 0 aliphatic carbocycles. The van der Waals surface area contributed by atoms with Crippen LogP contribution in [0.15, 0.2) is 0 Å². The third-order valence-corrected chi connectivity index (χ3v) is 1.84. The summed E-state index contributed by atoms with van der Waals surface area (Å²) in [5, 5.41) is 2.53. The molecule has 7 heteroatoms. The first-order valence-corrected chi connectivity index (χ1v) is 4.10. The van der Waals surface area contributed by atoms with Crippen molar-refractivity contribution < 1.29 is 14.3 Å². The summed E-state index contributed by atoms with van der Waals surface area (Å²) in [7, 11) is 1.13. The molecule has 0 aliphatic rings. The van der Waals surface area contributed by atoms with Gasteiger partial charge in [-0.3, -0.25) is 10.1 Å². The maximum absolute atomic E-state index is 10.9. The molecule has 0 saturated heterocycles. The van der Waals surface area contributed by atoms with Gasteiger partial charge in [-0.2, -0.15) is 4.37 Å². The SMILES string of the molecule is COC(=O)C(=O)Nc1nc(C)ns1. The topological polar surface area (TPSA) is 81.2 Å². The predicted octanol–water partition coefficient (Wildman–Crippen LogP) is -0.0420. The van der Waals surface area contributed by atoms with Crippen LogP contribution in [0, 0.1) is 6.92 Å². The van der Waals surface area contributed by atoms with Crippen LogP contribution in [-0.4, -0.2) is 28.3 Å². The summed E-state index contributed by atoms with van der Waals surface area (Å²) in [6.45, 7) is 1.68. The van der Waals surface area contributed by atoms with E-state index in [1.165, 1.54) is 0 Å². The number of methoxy groups -OCH3 is 1.